The number of benzene rings is 1. The fourth-order valence-electron chi connectivity index (χ4n) is 5.55. The molecule has 0 unspecified atom stereocenters. The lowest BCUT2D eigenvalue weighted by Crippen LogP contribution is -2.51. The van der Waals surface area contributed by atoms with Gasteiger partial charge in [-0.15, -0.1) is 0 Å². The summed E-state index contributed by atoms with van der Waals surface area (Å²) in [5.74, 6) is 1.42. The molecule has 2 bridgehead atoms. The minimum Gasteiger partial charge on any atom is -0.497 e. The lowest BCUT2D eigenvalue weighted by molar-refractivity contribution is -0.115. The van der Waals surface area contributed by atoms with E-state index in [2.05, 4.69) is 10.2 Å². The Balaban J connectivity index is 1.29. The summed E-state index contributed by atoms with van der Waals surface area (Å²) < 4.78 is 12.6. The first-order valence-corrected chi connectivity index (χ1v) is 11.6. The Bertz CT molecular complexity index is 1030. The number of anilines is 1. The van der Waals surface area contributed by atoms with Gasteiger partial charge in [0.2, 0.25) is 5.91 Å². The molecule has 4 heterocycles. The Hall–Kier alpha value is -2.64. The van der Waals surface area contributed by atoms with Crippen molar-refractivity contribution in [2.45, 2.75) is 44.2 Å². The van der Waals surface area contributed by atoms with Gasteiger partial charge in [0.05, 0.1) is 13.5 Å². The molecule has 170 valence electrons. The molecule has 0 aliphatic carbocycles. The maximum atomic E-state index is 13.2. The average Bonchev–Trinajstić information content (AvgIpc) is 2.82. The molecule has 0 spiro atoms. The average molecular weight is 438 g/mol. The molecular formula is C25H31N3O4. The van der Waals surface area contributed by atoms with E-state index in [4.69, 9.17) is 9.47 Å². The smallest absolute Gasteiger partial charge is 0.274 e. The van der Waals surface area contributed by atoms with E-state index >= 15 is 0 Å². The van der Waals surface area contributed by atoms with Crippen LogP contribution in [0.4, 0.5) is 5.69 Å². The molecule has 32 heavy (non-hydrogen) atoms. The summed E-state index contributed by atoms with van der Waals surface area (Å²) in [6.45, 7) is 4.48. The highest BCUT2D eigenvalue weighted by Crippen LogP contribution is 2.37. The molecule has 3 aliphatic rings. The van der Waals surface area contributed by atoms with Crippen molar-refractivity contribution in [3.63, 3.8) is 0 Å². The van der Waals surface area contributed by atoms with Gasteiger partial charge in [-0.3, -0.25) is 14.5 Å². The summed E-state index contributed by atoms with van der Waals surface area (Å²) in [6, 6.07) is 11.8. The molecule has 0 saturated carbocycles. The highest BCUT2D eigenvalue weighted by Gasteiger charge is 2.37. The zero-order valence-corrected chi connectivity index (χ0v) is 18.6. The maximum Gasteiger partial charge on any atom is 0.274 e. The topological polar surface area (TPSA) is 72.8 Å². The zero-order valence-electron chi connectivity index (χ0n) is 18.6. The van der Waals surface area contributed by atoms with Crippen molar-refractivity contribution in [3.8, 4) is 5.75 Å². The first-order chi connectivity index (χ1) is 15.6. The highest BCUT2D eigenvalue weighted by molar-refractivity contribution is 5.92. The third kappa shape index (κ3) is 4.32. The third-order valence-electron chi connectivity index (χ3n) is 7.14. The van der Waals surface area contributed by atoms with Crippen LogP contribution in [-0.4, -0.2) is 54.8 Å². The van der Waals surface area contributed by atoms with E-state index in [1.807, 2.05) is 34.9 Å². The number of hydrogen-bond acceptors (Lipinski definition) is 5. The predicted molar refractivity (Wildman–Crippen MR) is 122 cm³/mol. The third-order valence-corrected chi connectivity index (χ3v) is 7.14. The Morgan fingerprint density at radius 3 is 2.62 bits per heavy atom. The number of ether oxygens (including phenoxy) is 2. The number of carbonyl (C=O) groups is 1. The molecule has 0 radical (unpaired) electrons. The molecule has 2 fully saturated rings. The van der Waals surface area contributed by atoms with Gasteiger partial charge >= 0.3 is 0 Å². The Labute approximate surface area is 188 Å². The molecule has 1 aromatic carbocycles. The summed E-state index contributed by atoms with van der Waals surface area (Å²) in [7, 11) is 1.61. The van der Waals surface area contributed by atoms with E-state index in [9.17, 15) is 9.59 Å². The number of carbonyl (C=O) groups excluding carboxylic acids is 1. The van der Waals surface area contributed by atoms with Crippen LogP contribution in [0.5, 0.6) is 5.75 Å². The van der Waals surface area contributed by atoms with Gasteiger partial charge < -0.3 is 19.4 Å². The molecule has 1 aromatic heterocycles. The molecule has 2 aromatic rings. The van der Waals surface area contributed by atoms with Crippen molar-refractivity contribution < 1.29 is 14.3 Å². The van der Waals surface area contributed by atoms with Crippen LogP contribution >= 0.6 is 0 Å². The van der Waals surface area contributed by atoms with Crippen LogP contribution in [0.1, 0.15) is 36.4 Å². The summed E-state index contributed by atoms with van der Waals surface area (Å²) in [5.41, 5.74) is 2.27. The van der Waals surface area contributed by atoms with Crippen molar-refractivity contribution in [1.82, 2.24) is 9.47 Å². The van der Waals surface area contributed by atoms with Gasteiger partial charge in [0, 0.05) is 50.5 Å². The quantitative estimate of drug-likeness (QED) is 0.779. The maximum absolute atomic E-state index is 13.2. The second kappa shape index (κ2) is 9.08. The van der Waals surface area contributed by atoms with Crippen LogP contribution < -0.4 is 15.6 Å². The standard InChI is InChI=1S/C25H31N3O4/c1-31-21-4-2-17(3-5-21)13-24(29)26-22-6-7-23-19-12-18(15-28(23)25(22)30)14-27(16-19)20-8-10-32-11-9-20/h2-7,18-20H,8-16H2,1H3,(H,26,29)/t18-,19-/m1/s1. The molecule has 1 N–H and O–H groups in total. The predicted octanol–water partition coefficient (Wildman–Crippen LogP) is 2.64. The number of nitrogens with one attached hydrogen (secondary N) is 1. The molecule has 2 atom stereocenters. The van der Waals surface area contributed by atoms with Crippen LogP contribution in [0.3, 0.4) is 0 Å². The second-order valence-corrected chi connectivity index (χ2v) is 9.26. The normalized spacial score (nSPS) is 23.4. The van der Waals surface area contributed by atoms with Crippen molar-refractivity contribution >= 4 is 11.6 Å². The molecule has 5 rings (SSSR count). The minimum atomic E-state index is -0.186. The molecule has 1 amide bonds. The minimum absolute atomic E-state index is 0.0835. The molecule has 7 nitrogen and oxygen atoms in total. The van der Waals surface area contributed by atoms with Crippen molar-refractivity contribution in [1.29, 1.82) is 0 Å². The number of methoxy groups -OCH3 is 1. The van der Waals surface area contributed by atoms with Crippen LogP contribution in [-0.2, 0) is 22.5 Å². The number of rotatable bonds is 5. The van der Waals surface area contributed by atoms with Gasteiger partial charge in [-0.25, -0.2) is 0 Å². The summed E-state index contributed by atoms with van der Waals surface area (Å²) in [5, 5.41) is 2.84. The Morgan fingerprint density at radius 2 is 1.88 bits per heavy atom. The number of fused-ring (bicyclic) bond motifs is 4. The fraction of sp³-hybridized carbons (Fsp3) is 0.520. The fourth-order valence-corrected chi connectivity index (χ4v) is 5.55. The number of aromatic nitrogens is 1. The van der Waals surface area contributed by atoms with E-state index in [0.717, 1.165) is 69.1 Å². The van der Waals surface area contributed by atoms with Crippen molar-refractivity contribution in [2.24, 2.45) is 5.92 Å². The van der Waals surface area contributed by atoms with Gasteiger partial charge in [0.1, 0.15) is 11.4 Å². The Kier molecular flexibility index (Phi) is 6.02. The number of amides is 1. The zero-order chi connectivity index (χ0) is 22.1. The van der Waals surface area contributed by atoms with Crippen molar-refractivity contribution in [2.75, 3.05) is 38.7 Å². The van der Waals surface area contributed by atoms with Crippen molar-refractivity contribution in [3.05, 3.63) is 58.0 Å². The summed E-state index contributed by atoms with van der Waals surface area (Å²) >= 11 is 0. The molecule has 7 heteroatoms. The monoisotopic (exact) mass is 437 g/mol. The highest BCUT2D eigenvalue weighted by atomic mass is 16.5. The van der Waals surface area contributed by atoms with Gasteiger partial charge in [-0.05, 0) is 55.0 Å². The summed E-state index contributed by atoms with van der Waals surface area (Å²) in [6.07, 6.45) is 3.57. The first kappa shape index (κ1) is 21.2. The van der Waals surface area contributed by atoms with E-state index in [1.165, 1.54) is 0 Å². The van der Waals surface area contributed by atoms with Gasteiger partial charge in [-0.2, -0.15) is 0 Å². The number of likely N-dealkylation sites (tertiary alicyclic amines) is 1. The number of piperidine rings is 1. The second-order valence-electron chi connectivity index (χ2n) is 9.26. The van der Waals surface area contributed by atoms with E-state index in [-0.39, 0.29) is 17.9 Å². The largest absolute Gasteiger partial charge is 0.497 e. The van der Waals surface area contributed by atoms with E-state index in [0.29, 0.717) is 23.6 Å². The molecular weight excluding hydrogens is 406 g/mol. The van der Waals surface area contributed by atoms with Gasteiger partial charge in [0.15, 0.2) is 0 Å². The van der Waals surface area contributed by atoms with Crippen LogP contribution in [0.2, 0.25) is 0 Å². The number of pyridine rings is 1. The SMILES string of the molecule is COc1ccc(CC(=O)Nc2ccc3n(c2=O)C[C@@H]2C[C@@H]3CN(C3CCOCC3)C2)cc1. The Morgan fingerprint density at radius 1 is 1.09 bits per heavy atom. The molecule has 2 saturated heterocycles. The lowest BCUT2D eigenvalue weighted by Gasteiger charge is -2.46. The number of nitrogens with zero attached hydrogens (tertiary/aromatic N) is 2. The lowest BCUT2D eigenvalue weighted by atomic mass is 9.82. The number of hydrogen-bond donors (Lipinski definition) is 1. The van der Waals surface area contributed by atoms with E-state index < -0.39 is 0 Å². The van der Waals surface area contributed by atoms with Crippen LogP contribution in [0.25, 0.3) is 0 Å². The van der Waals surface area contributed by atoms with Gasteiger partial charge in [-0.1, -0.05) is 12.1 Å². The van der Waals surface area contributed by atoms with E-state index in [1.54, 1.807) is 13.2 Å². The van der Waals surface area contributed by atoms with Crippen LogP contribution in [0, 0.1) is 5.92 Å². The first-order valence-electron chi connectivity index (χ1n) is 11.6. The molecule has 3 aliphatic heterocycles. The van der Waals surface area contributed by atoms with Gasteiger partial charge in [0.25, 0.3) is 5.56 Å². The summed E-state index contributed by atoms with van der Waals surface area (Å²) in [4.78, 5) is 28.4. The van der Waals surface area contributed by atoms with Crippen LogP contribution in [0.15, 0.2) is 41.2 Å².